The van der Waals surface area contributed by atoms with Gasteiger partial charge in [0.25, 0.3) is 5.91 Å². The van der Waals surface area contributed by atoms with Gasteiger partial charge in [-0.3, -0.25) is 4.79 Å². The van der Waals surface area contributed by atoms with Crippen molar-refractivity contribution < 1.29 is 4.79 Å². The molecular formula is C13H19BrN2OS. The summed E-state index contributed by atoms with van der Waals surface area (Å²) in [5, 5.41) is 3.47. The summed E-state index contributed by atoms with van der Waals surface area (Å²) in [6.07, 6.45) is 3.69. The van der Waals surface area contributed by atoms with E-state index in [-0.39, 0.29) is 5.91 Å². The minimum absolute atomic E-state index is 0.126. The summed E-state index contributed by atoms with van der Waals surface area (Å²) in [6, 6.07) is 2.42. The zero-order valence-electron chi connectivity index (χ0n) is 10.8. The Hall–Kier alpha value is -0.390. The van der Waals surface area contributed by atoms with Crippen LogP contribution in [-0.4, -0.2) is 37.0 Å². The van der Waals surface area contributed by atoms with Crippen molar-refractivity contribution in [2.24, 2.45) is 0 Å². The zero-order chi connectivity index (χ0) is 13.1. The van der Waals surface area contributed by atoms with Gasteiger partial charge in [-0.15, -0.1) is 11.3 Å². The second-order valence-electron chi connectivity index (χ2n) is 4.90. The topological polar surface area (TPSA) is 32.3 Å². The van der Waals surface area contributed by atoms with E-state index in [0.29, 0.717) is 6.04 Å². The van der Waals surface area contributed by atoms with Crippen molar-refractivity contribution in [2.45, 2.75) is 32.2 Å². The van der Waals surface area contributed by atoms with Crippen LogP contribution in [0, 0.1) is 6.92 Å². The minimum atomic E-state index is 0.126. The molecule has 1 N–H and O–H groups in total. The molecule has 1 fully saturated rings. The SMILES string of the molecule is Cc1cc(C(=O)N(C)CC2CCCCN2)sc1Br. The van der Waals surface area contributed by atoms with Crippen LogP contribution in [0.1, 0.15) is 34.5 Å². The number of hydrogen-bond donors (Lipinski definition) is 1. The third-order valence-corrected chi connectivity index (χ3v) is 5.45. The molecule has 1 unspecified atom stereocenters. The van der Waals surface area contributed by atoms with Crippen LogP contribution < -0.4 is 5.32 Å². The van der Waals surface area contributed by atoms with Crippen molar-refractivity contribution in [1.29, 1.82) is 0 Å². The Bertz CT molecular complexity index is 407. The first-order valence-electron chi connectivity index (χ1n) is 6.32. The summed E-state index contributed by atoms with van der Waals surface area (Å²) in [6.45, 7) is 3.89. The Morgan fingerprint density at radius 2 is 2.39 bits per heavy atom. The van der Waals surface area contributed by atoms with Crippen LogP contribution in [0.3, 0.4) is 0 Å². The molecule has 2 rings (SSSR count). The van der Waals surface area contributed by atoms with Crippen molar-refractivity contribution in [3.8, 4) is 0 Å². The maximum atomic E-state index is 12.3. The van der Waals surface area contributed by atoms with Crippen LogP contribution in [0.5, 0.6) is 0 Å². The Labute approximate surface area is 121 Å². The number of thiophene rings is 1. The first-order chi connectivity index (χ1) is 8.58. The fourth-order valence-electron chi connectivity index (χ4n) is 2.25. The van der Waals surface area contributed by atoms with Gasteiger partial charge in [0.05, 0.1) is 8.66 Å². The zero-order valence-corrected chi connectivity index (χ0v) is 13.2. The molecule has 1 aromatic heterocycles. The van der Waals surface area contributed by atoms with Gasteiger partial charge in [0.2, 0.25) is 0 Å². The van der Waals surface area contributed by atoms with Crippen LogP contribution in [-0.2, 0) is 0 Å². The highest BCUT2D eigenvalue weighted by molar-refractivity contribution is 9.11. The number of carbonyl (C=O) groups is 1. The molecule has 1 aliphatic rings. The average Bonchev–Trinajstić information content (AvgIpc) is 2.70. The first kappa shape index (κ1) is 14.0. The van der Waals surface area contributed by atoms with Crippen molar-refractivity contribution >= 4 is 33.2 Å². The van der Waals surface area contributed by atoms with E-state index >= 15 is 0 Å². The number of amides is 1. The maximum absolute atomic E-state index is 12.3. The number of rotatable bonds is 3. The molecule has 18 heavy (non-hydrogen) atoms. The second kappa shape index (κ2) is 6.17. The molecular weight excluding hydrogens is 312 g/mol. The van der Waals surface area contributed by atoms with Crippen LogP contribution >= 0.6 is 27.3 Å². The first-order valence-corrected chi connectivity index (χ1v) is 7.93. The molecule has 5 heteroatoms. The van der Waals surface area contributed by atoms with Gasteiger partial charge in [-0.25, -0.2) is 0 Å². The van der Waals surface area contributed by atoms with Crippen LogP contribution in [0.15, 0.2) is 9.85 Å². The molecule has 1 aromatic rings. The minimum Gasteiger partial charge on any atom is -0.339 e. The smallest absolute Gasteiger partial charge is 0.263 e. The number of carbonyl (C=O) groups excluding carboxylic acids is 1. The molecule has 0 spiro atoms. The number of nitrogens with zero attached hydrogens (tertiary/aromatic N) is 1. The van der Waals surface area contributed by atoms with E-state index in [1.165, 1.54) is 30.6 Å². The van der Waals surface area contributed by atoms with Crippen molar-refractivity contribution in [3.63, 3.8) is 0 Å². The maximum Gasteiger partial charge on any atom is 0.263 e. The highest BCUT2D eigenvalue weighted by Crippen LogP contribution is 2.28. The number of nitrogens with one attached hydrogen (secondary N) is 1. The lowest BCUT2D eigenvalue weighted by Crippen LogP contribution is -2.44. The van der Waals surface area contributed by atoms with Crippen LogP contribution in [0.4, 0.5) is 0 Å². The van der Waals surface area contributed by atoms with E-state index in [0.717, 1.165) is 27.3 Å². The van der Waals surface area contributed by atoms with Gasteiger partial charge in [-0.05, 0) is 53.9 Å². The molecule has 0 saturated carbocycles. The number of hydrogen-bond acceptors (Lipinski definition) is 3. The third kappa shape index (κ3) is 3.33. The predicted molar refractivity (Wildman–Crippen MR) is 79.4 cm³/mol. The van der Waals surface area contributed by atoms with Crippen molar-refractivity contribution in [3.05, 3.63) is 20.3 Å². The summed E-state index contributed by atoms with van der Waals surface area (Å²) < 4.78 is 1.05. The monoisotopic (exact) mass is 330 g/mol. The Kier molecular flexibility index (Phi) is 4.81. The lowest BCUT2D eigenvalue weighted by molar-refractivity contribution is 0.0780. The third-order valence-electron chi connectivity index (χ3n) is 3.32. The molecule has 2 heterocycles. The van der Waals surface area contributed by atoms with Gasteiger partial charge < -0.3 is 10.2 Å². The van der Waals surface area contributed by atoms with Gasteiger partial charge in [-0.1, -0.05) is 6.42 Å². The fourth-order valence-corrected chi connectivity index (χ4v) is 3.78. The van der Waals surface area contributed by atoms with Crippen LogP contribution in [0.2, 0.25) is 0 Å². The van der Waals surface area contributed by atoms with Crippen molar-refractivity contribution in [2.75, 3.05) is 20.1 Å². The van der Waals surface area contributed by atoms with E-state index in [1.54, 1.807) is 0 Å². The van der Waals surface area contributed by atoms with Gasteiger partial charge in [0.1, 0.15) is 0 Å². The molecule has 0 bridgehead atoms. The molecule has 1 saturated heterocycles. The Morgan fingerprint density at radius 3 is 2.94 bits per heavy atom. The molecule has 1 atom stereocenters. The lowest BCUT2D eigenvalue weighted by atomic mass is 10.0. The lowest BCUT2D eigenvalue weighted by Gasteiger charge is -2.28. The Balaban J connectivity index is 1.95. The molecule has 100 valence electrons. The standard InChI is InChI=1S/C13H19BrN2OS/c1-9-7-11(18-12(9)14)13(17)16(2)8-10-5-3-4-6-15-10/h7,10,15H,3-6,8H2,1-2H3. The van der Waals surface area contributed by atoms with Gasteiger partial charge in [-0.2, -0.15) is 0 Å². The van der Waals surface area contributed by atoms with Gasteiger partial charge in [0, 0.05) is 19.6 Å². The fraction of sp³-hybridized carbons (Fsp3) is 0.615. The average molecular weight is 331 g/mol. The highest BCUT2D eigenvalue weighted by atomic mass is 79.9. The van der Waals surface area contributed by atoms with Crippen molar-refractivity contribution in [1.82, 2.24) is 10.2 Å². The largest absolute Gasteiger partial charge is 0.339 e. The summed E-state index contributed by atoms with van der Waals surface area (Å²) in [5.41, 5.74) is 1.13. The summed E-state index contributed by atoms with van der Waals surface area (Å²) in [5.74, 6) is 0.126. The molecule has 0 aromatic carbocycles. The second-order valence-corrected chi connectivity index (χ2v) is 7.27. The number of halogens is 1. The van der Waals surface area contributed by atoms with E-state index in [1.807, 2.05) is 24.9 Å². The quantitative estimate of drug-likeness (QED) is 0.923. The molecule has 1 amide bonds. The van der Waals surface area contributed by atoms with Crippen LogP contribution in [0.25, 0.3) is 0 Å². The van der Waals surface area contributed by atoms with E-state index < -0.39 is 0 Å². The molecule has 0 radical (unpaired) electrons. The normalized spacial score (nSPS) is 19.8. The summed E-state index contributed by atoms with van der Waals surface area (Å²) in [7, 11) is 1.89. The molecule has 1 aliphatic heterocycles. The number of likely N-dealkylation sites (N-methyl/N-ethyl adjacent to an activating group) is 1. The van der Waals surface area contributed by atoms with E-state index in [9.17, 15) is 4.79 Å². The molecule has 3 nitrogen and oxygen atoms in total. The molecule has 0 aliphatic carbocycles. The number of piperidine rings is 1. The summed E-state index contributed by atoms with van der Waals surface area (Å²) in [4.78, 5) is 14.9. The summed E-state index contributed by atoms with van der Waals surface area (Å²) >= 11 is 4.99. The van der Waals surface area contributed by atoms with Gasteiger partial charge >= 0.3 is 0 Å². The Morgan fingerprint density at radius 1 is 1.61 bits per heavy atom. The van der Waals surface area contributed by atoms with E-state index in [4.69, 9.17) is 0 Å². The number of aryl methyl sites for hydroxylation is 1. The van der Waals surface area contributed by atoms with E-state index in [2.05, 4.69) is 21.2 Å². The predicted octanol–water partition coefficient (Wildman–Crippen LogP) is 3.03. The highest BCUT2D eigenvalue weighted by Gasteiger charge is 2.20. The van der Waals surface area contributed by atoms with Gasteiger partial charge in [0.15, 0.2) is 0 Å².